The summed E-state index contributed by atoms with van der Waals surface area (Å²) in [6.45, 7) is 0. The van der Waals surface area contributed by atoms with Crippen molar-refractivity contribution in [1.82, 2.24) is 9.97 Å². The third-order valence-corrected chi connectivity index (χ3v) is 6.10. The van der Waals surface area contributed by atoms with Crippen LogP contribution in [0.15, 0.2) is 72.9 Å². The molecule has 0 radical (unpaired) electrons. The molecule has 37 heavy (non-hydrogen) atoms. The predicted molar refractivity (Wildman–Crippen MR) is 119 cm³/mol. The zero-order valence-corrected chi connectivity index (χ0v) is 18.3. The standard InChI is InChI=1S/C26H13F9N2/c27-17-11-10-16(22(28)21(17)24(29,25(30,31)32)26(33,34)35)23-14(7-4-12-36-23)13-6-3-9-19-20(13)15-5-1-2-8-18(15)37-19/h1-12,37H. The fourth-order valence-electron chi connectivity index (χ4n) is 4.46. The number of aromatic nitrogens is 2. The summed E-state index contributed by atoms with van der Waals surface area (Å²) in [5, 5.41) is 1.36. The molecule has 0 saturated heterocycles. The van der Waals surface area contributed by atoms with Crippen LogP contribution in [0.3, 0.4) is 0 Å². The molecule has 0 aliphatic carbocycles. The minimum atomic E-state index is -6.70. The number of aromatic amines is 1. The van der Waals surface area contributed by atoms with Gasteiger partial charge in [0.25, 0.3) is 0 Å². The van der Waals surface area contributed by atoms with Crippen molar-refractivity contribution in [2.45, 2.75) is 18.0 Å². The topological polar surface area (TPSA) is 28.7 Å². The van der Waals surface area contributed by atoms with Gasteiger partial charge >= 0.3 is 18.0 Å². The Balaban J connectivity index is 1.82. The Bertz CT molecular complexity index is 1630. The third kappa shape index (κ3) is 3.63. The second-order valence-corrected chi connectivity index (χ2v) is 8.24. The van der Waals surface area contributed by atoms with Crippen molar-refractivity contribution in [2.75, 3.05) is 0 Å². The molecule has 0 bridgehead atoms. The van der Waals surface area contributed by atoms with Crippen LogP contribution in [0.25, 0.3) is 44.2 Å². The fourth-order valence-corrected chi connectivity index (χ4v) is 4.46. The molecule has 190 valence electrons. The van der Waals surface area contributed by atoms with E-state index in [4.69, 9.17) is 0 Å². The number of alkyl halides is 7. The van der Waals surface area contributed by atoms with E-state index in [0.29, 0.717) is 22.5 Å². The van der Waals surface area contributed by atoms with Gasteiger partial charge in [-0.15, -0.1) is 0 Å². The Hall–Kier alpha value is -4.02. The van der Waals surface area contributed by atoms with Crippen LogP contribution in [0.2, 0.25) is 0 Å². The number of nitrogens with zero attached hydrogens (tertiary/aromatic N) is 1. The average Bonchev–Trinajstić information content (AvgIpc) is 3.22. The number of hydrogen-bond donors (Lipinski definition) is 1. The first kappa shape index (κ1) is 24.7. The number of rotatable bonds is 3. The summed E-state index contributed by atoms with van der Waals surface area (Å²) in [6, 6.07) is 15.8. The lowest BCUT2D eigenvalue weighted by Gasteiger charge is -2.31. The van der Waals surface area contributed by atoms with E-state index in [1.807, 2.05) is 0 Å². The first-order valence-electron chi connectivity index (χ1n) is 10.6. The Labute approximate surface area is 202 Å². The predicted octanol–water partition coefficient (Wildman–Crippen LogP) is 8.62. The van der Waals surface area contributed by atoms with Crippen LogP contribution >= 0.6 is 0 Å². The van der Waals surface area contributed by atoms with E-state index in [2.05, 4.69) is 9.97 Å². The van der Waals surface area contributed by atoms with Gasteiger partial charge in [-0.1, -0.05) is 36.4 Å². The quantitative estimate of drug-likeness (QED) is 0.235. The number of hydrogen-bond acceptors (Lipinski definition) is 1. The van der Waals surface area contributed by atoms with Gasteiger partial charge in [0.2, 0.25) is 0 Å². The molecule has 2 heterocycles. The molecule has 2 aromatic heterocycles. The summed E-state index contributed by atoms with van der Waals surface area (Å²) in [4.78, 5) is 7.16. The van der Waals surface area contributed by atoms with Gasteiger partial charge in [-0.3, -0.25) is 4.98 Å². The Morgan fingerprint density at radius 2 is 1.27 bits per heavy atom. The molecule has 2 nitrogen and oxygen atoms in total. The van der Waals surface area contributed by atoms with E-state index in [1.54, 1.807) is 42.5 Å². The second kappa shape index (κ2) is 8.25. The van der Waals surface area contributed by atoms with Crippen molar-refractivity contribution in [1.29, 1.82) is 0 Å². The maximum Gasteiger partial charge on any atom is 0.436 e. The SMILES string of the molecule is Fc1ccc(-c2ncccc2-c2cccc3[nH]c4ccccc4c23)c(F)c1C(F)(C(F)(F)F)C(F)(F)F. The van der Waals surface area contributed by atoms with Crippen LogP contribution in [0.5, 0.6) is 0 Å². The van der Waals surface area contributed by atoms with E-state index < -0.39 is 46.5 Å². The van der Waals surface area contributed by atoms with Crippen molar-refractivity contribution in [3.05, 3.63) is 90.1 Å². The molecular formula is C26H13F9N2. The zero-order chi connectivity index (χ0) is 26.8. The zero-order valence-electron chi connectivity index (χ0n) is 18.3. The van der Waals surface area contributed by atoms with E-state index in [-0.39, 0.29) is 11.6 Å². The highest BCUT2D eigenvalue weighted by atomic mass is 19.4. The first-order chi connectivity index (χ1) is 17.4. The lowest BCUT2D eigenvalue weighted by molar-refractivity contribution is -0.350. The van der Waals surface area contributed by atoms with Gasteiger partial charge < -0.3 is 4.98 Å². The normalized spacial score (nSPS) is 13.0. The summed E-state index contributed by atoms with van der Waals surface area (Å²) in [7, 11) is 0. The Morgan fingerprint density at radius 1 is 0.622 bits per heavy atom. The first-order valence-corrected chi connectivity index (χ1v) is 10.6. The molecule has 0 aliphatic rings. The smallest absolute Gasteiger partial charge is 0.354 e. The van der Waals surface area contributed by atoms with Crippen LogP contribution in [0.1, 0.15) is 5.56 Å². The minimum absolute atomic E-state index is 0.123. The Morgan fingerprint density at radius 3 is 1.97 bits per heavy atom. The van der Waals surface area contributed by atoms with Crippen molar-refractivity contribution in [2.24, 2.45) is 0 Å². The maximum atomic E-state index is 15.5. The molecular weight excluding hydrogens is 511 g/mol. The molecule has 0 amide bonds. The lowest BCUT2D eigenvalue weighted by Crippen LogP contribution is -2.51. The van der Waals surface area contributed by atoms with Gasteiger partial charge in [-0.25, -0.2) is 13.2 Å². The number of pyridine rings is 1. The van der Waals surface area contributed by atoms with E-state index in [9.17, 15) is 35.1 Å². The van der Waals surface area contributed by atoms with Gasteiger partial charge in [-0.2, -0.15) is 26.3 Å². The highest BCUT2D eigenvalue weighted by molar-refractivity contribution is 6.15. The van der Waals surface area contributed by atoms with Crippen molar-refractivity contribution >= 4 is 21.8 Å². The molecule has 5 rings (SSSR count). The molecule has 1 N–H and O–H groups in total. The van der Waals surface area contributed by atoms with E-state index in [0.717, 1.165) is 17.1 Å². The summed E-state index contributed by atoms with van der Waals surface area (Å²) in [5.41, 5.74) is -8.50. The van der Waals surface area contributed by atoms with Gasteiger partial charge in [-0.05, 0) is 35.9 Å². The molecule has 5 aromatic rings. The highest BCUT2D eigenvalue weighted by Crippen LogP contribution is 2.55. The van der Waals surface area contributed by atoms with Crippen LogP contribution in [0.4, 0.5) is 39.5 Å². The molecule has 0 aliphatic heterocycles. The van der Waals surface area contributed by atoms with Crippen molar-refractivity contribution in [3.8, 4) is 22.4 Å². The maximum absolute atomic E-state index is 15.5. The molecule has 0 atom stereocenters. The number of para-hydroxylation sites is 1. The van der Waals surface area contributed by atoms with E-state index in [1.165, 1.54) is 12.1 Å². The minimum Gasteiger partial charge on any atom is -0.354 e. The van der Waals surface area contributed by atoms with Crippen LogP contribution in [-0.4, -0.2) is 22.3 Å². The van der Waals surface area contributed by atoms with Gasteiger partial charge in [0.05, 0.1) is 11.3 Å². The second-order valence-electron chi connectivity index (χ2n) is 8.24. The van der Waals surface area contributed by atoms with E-state index >= 15 is 4.39 Å². The van der Waals surface area contributed by atoms with Gasteiger partial charge in [0.15, 0.2) is 0 Å². The highest BCUT2D eigenvalue weighted by Gasteiger charge is 2.75. The van der Waals surface area contributed by atoms with Crippen molar-refractivity contribution < 1.29 is 39.5 Å². The fraction of sp³-hybridized carbons (Fsp3) is 0.115. The third-order valence-electron chi connectivity index (χ3n) is 6.10. The number of halogens is 9. The van der Waals surface area contributed by atoms with Crippen LogP contribution in [-0.2, 0) is 5.67 Å². The number of nitrogens with one attached hydrogen (secondary N) is 1. The van der Waals surface area contributed by atoms with Crippen molar-refractivity contribution in [3.63, 3.8) is 0 Å². The molecule has 0 spiro atoms. The van der Waals surface area contributed by atoms with Crippen LogP contribution in [0, 0.1) is 11.6 Å². The molecule has 0 saturated carbocycles. The lowest BCUT2D eigenvalue weighted by atomic mass is 9.89. The molecule has 3 aromatic carbocycles. The number of benzene rings is 3. The summed E-state index contributed by atoms with van der Waals surface area (Å²) < 4.78 is 125. The summed E-state index contributed by atoms with van der Waals surface area (Å²) in [5.74, 6) is -4.70. The van der Waals surface area contributed by atoms with Crippen LogP contribution < -0.4 is 0 Å². The molecule has 11 heteroatoms. The van der Waals surface area contributed by atoms with Gasteiger partial charge in [0, 0.05) is 39.1 Å². The summed E-state index contributed by atoms with van der Waals surface area (Å²) in [6.07, 6.45) is -12.3. The Kier molecular flexibility index (Phi) is 5.50. The summed E-state index contributed by atoms with van der Waals surface area (Å²) >= 11 is 0. The monoisotopic (exact) mass is 524 g/mol. The molecule has 0 unspecified atom stereocenters. The average molecular weight is 524 g/mol. The van der Waals surface area contributed by atoms with Gasteiger partial charge in [0.1, 0.15) is 11.6 Å². The number of H-pyrrole nitrogens is 1. The molecule has 0 fully saturated rings. The number of fused-ring (bicyclic) bond motifs is 3. The largest absolute Gasteiger partial charge is 0.436 e.